The van der Waals surface area contributed by atoms with E-state index < -0.39 is 12.2 Å². The average Bonchev–Trinajstić information content (AvgIpc) is 2.28. The lowest BCUT2D eigenvalue weighted by Gasteiger charge is -2.10. The molecule has 86 valence electrons. The van der Waals surface area contributed by atoms with Crippen LogP contribution >= 0.6 is 0 Å². The predicted molar refractivity (Wildman–Crippen MR) is 66.9 cm³/mol. The van der Waals surface area contributed by atoms with E-state index in [-0.39, 0.29) is 0 Å². The highest BCUT2D eigenvalue weighted by atomic mass is 16.3. The van der Waals surface area contributed by atoms with Crippen molar-refractivity contribution in [2.24, 2.45) is 0 Å². The molecule has 1 aromatic rings. The Labute approximate surface area is 96.6 Å². The summed E-state index contributed by atoms with van der Waals surface area (Å²) in [7, 11) is 0. The number of benzene rings is 1. The number of hydrogen-bond donors (Lipinski definition) is 2. The van der Waals surface area contributed by atoms with Crippen LogP contribution in [0.3, 0.4) is 0 Å². The van der Waals surface area contributed by atoms with E-state index in [1.807, 2.05) is 36.4 Å². The molecule has 0 radical (unpaired) electrons. The van der Waals surface area contributed by atoms with Gasteiger partial charge in [-0.1, -0.05) is 48.6 Å². The second-order valence-electron chi connectivity index (χ2n) is 3.75. The third-order valence-electron chi connectivity index (χ3n) is 2.26. The quantitative estimate of drug-likeness (QED) is 0.720. The molecule has 2 nitrogen and oxygen atoms in total. The van der Waals surface area contributed by atoms with Crippen LogP contribution in [0.15, 0.2) is 49.1 Å². The summed E-state index contributed by atoms with van der Waals surface area (Å²) >= 11 is 0. The fourth-order valence-corrected chi connectivity index (χ4v) is 1.43. The fourth-order valence-electron chi connectivity index (χ4n) is 1.43. The summed E-state index contributed by atoms with van der Waals surface area (Å²) in [6.45, 7) is 3.54. The summed E-state index contributed by atoms with van der Waals surface area (Å²) in [5.41, 5.74) is 1.04. The Balaban J connectivity index is 2.42. The zero-order chi connectivity index (χ0) is 11.8. The van der Waals surface area contributed by atoms with Crippen LogP contribution in [0.2, 0.25) is 0 Å². The van der Waals surface area contributed by atoms with Gasteiger partial charge < -0.3 is 10.2 Å². The zero-order valence-electron chi connectivity index (χ0n) is 9.29. The van der Waals surface area contributed by atoms with Crippen molar-refractivity contribution >= 4 is 6.08 Å². The summed E-state index contributed by atoms with van der Waals surface area (Å²) < 4.78 is 0. The summed E-state index contributed by atoms with van der Waals surface area (Å²) in [5, 5.41) is 19.1. The van der Waals surface area contributed by atoms with Gasteiger partial charge in [0.15, 0.2) is 0 Å². The highest BCUT2D eigenvalue weighted by Crippen LogP contribution is 2.07. The van der Waals surface area contributed by atoms with Crippen molar-refractivity contribution in [2.45, 2.75) is 25.0 Å². The van der Waals surface area contributed by atoms with Crippen molar-refractivity contribution < 1.29 is 10.2 Å². The molecule has 0 aliphatic carbocycles. The first-order valence-corrected chi connectivity index (χ1v) is 5.42. The SMILES string of the molecule is C=CC[C@H](O)C[C@@H](O)/C=C/c1ccccc1. The molecule has 16 heavy (non-hydrogen) atoms. The summed E-state index contributed by atoms with van der Waals surface area (Å²) in [6, 6.07) is 9.76. The van der Waals surface area contributed by atoms with Crippen molar-refractivity contribution in [1.82, 2.24) is 0 Å². The molecule has 1 aromatic carbocycles. The van der Waals surface area contributed by atoms with Crippen LogP contribution in [-0.4, -0.2) is 22.4 Å². The number of hydrogen-bond acceptors (Lipinski definition) is 2. The Morgan fingerprint density at radius 2 is 1.88 bits per heavy atom. The van der Waals surface area contributed by atoms with E-state index in [1.165, 1.54) is 0 Å². The molecule has 0 saturated carbocycles. The Bertz CT molecular complexity index is 330. The maximum absolute atomic E-state index is 9.63. The molecule has 0 amide bonds. The number of aliphatic hydroxyl groups excluding tert-OH is 2. The van der Waals surface area contributed by atoms with E-state index in [1.54, 1.807) is 12.2 Å². The molecule has 0 spiro atoms. The molecule has 0 fully saturated rings. The molecule has 0 aliphatic rings. The normalized spacial score (nSPS) is 14.9. The van der Waals surface area contributed by atoms with Crippen molar-refractivity contribution in [1.29, 1.82) is 0 Å². The molecule has 0 bridgehead atoms. The topological polar surface area (TPSA) is 40.5 Å². The second-order valence-corrected chi connectivity index (χ2v) is 3.75. The lowest BCUT2D eigenvalue weighted by molar-refractivity contribution is 0.106. The Kier molecular flexibility index (Phi) is 5.54. The number of rotatable bonds is 6. The highest BCUT2D eigenvalue weighted by Gasteiger charge is 2.07. The van der Waals surface area contributed by atoms with Crippen LogP contribution in [0.4, 0.5) is 0 Å². The van der Waals surface area contributed by atoms with Gasteiger partial charge in [0.25, 0.3) is 0 Å². The molecule has 0 aliphatic heterocycles. The Morgan fingerprint density at radius 3 is 2.50 bits per heavy atom. The standard InChI is InChI=1S/C14H18O2/c1-2-6-13(15)11-14(16)10-9-12-7-4-3-5-8-12/h2-5,7-10,13-16H,1,6,11H2/b10-9+/t13-,14-/m0/s1. The Hall–Kier alpha value is -1.38. The van der Waals surface area contributed by atoms with Crippen molar-refractivity contribution in [3.05, 3.63) is 54.6 Å². The van der Waals surface area contributed by atoms with Gasteiger partial charge in [-0.3, -0.25) is 0 Å². The van der Waals surface area contributed by atoms with Gasteiger partial charge in [0.1, 0.15) is 0 Å². The van der Waals surface area contributed by atoms with Crippen LogP contribution in [0.25, 0.3) is 6.08 Å². The lowest BCUT2D eigenvalue weighted by Crippen LogP contribution is -2.14. The van der Waals surface area contributed by atoms with Crippen LogP contribution in [0, 0.1) is 0 Å². The first kappa shape index (κ1) is 12.7. The minimum Gasteiger partial charge on any atom is -0.393 e. The van der Waals surface area contributed by atoms with E-state index in [4.69, 9.17) is 0 Å². The Morgan fingerprint density at radius 1 is 1.19 bits per heavy atom. The molecule has 0 saturated heterocycles. The third-order valence-corrected chi connectivity index (χ3v) is 2.26. The summed E-state index contributed by atoms with van der Waals surface area (Å²) in [4.78, 5) is 0. The van der Waals surface area contributed by atoms with E-state index in [9.17, 15) is 10.2 Å². The van der Waals surface area contributed by atoms with Crippen molar-refractivity contribution in [3.8, 4) is 0 Å². The maximum Gasteiger partial charge on any atom is 0.0748 e. The van der Waals surface area contributed by atoms with Crippen LogP contribution < -0.4 is 0 Å². The lowest BCUT2D eigenvalue weighted by atomic mass is 10.1. The van der Waals surface area contributed by atoms with E-state index >= 15 is 0 Å². The fraction of sp³-hybridized carbons (Fsp3) is 0.286. The average molecular weight is 218 g/mol. The van der Waals surface area contributed by atoms with E-state index in [0.717, 1.165) is 5.56 Å². The van der Waals surface area contributed by atoms with Crippen molar-refractivity contribution in [2.75, 3.05) is 0 Å². The summed E-state index contributed by atoms with van der Waals surface area (Å²) in [6.07, 6.45) is 4.92. The molecule has 2 atom stereocenters. The molecular formula is C14H18O2. The minimum atomic E-state index is -0.616. The zero-order valence-corrected chi connectivity index (χ0v) is 9.29. The van der Waals surface area contributed by atoms with Gasteiger partial charge in [0, 0.05) is 6.42 Å². The highest BCUT2D eigenvalue weighted by molar-refractivity contribution is 5.49. The maximum atomic E-state index is 9.63. The van der Waals surface area contributed by atoms with Crippen molar-refractivity contribution in [3.63, 3.8) is 0 Å². The summed E-state index contributed by atoms with van der Waals surface area (Å²) in [5.74, 6) is 0. The van der Waals surface area contributed by atoms with Gasteiger partial charge in [-0.2, -0.15) is 0 Å². The van der Waals surface area contributed by atoms with E-state index in [0.29, 0.717) is 12.8 Å². The predicted octanol–water partition coefficient (Wildman–Crippen LogP) is 2.39. The van der Waals surface area contributed by atoms with Crippen LogP contribution in [0.5, 0.6) is 0 Å². The number of aliphatic hydroxyl groups is 2. The second kappa shape index (κ2) is 6.99. The minimum absolute atomic E-state index is 0.343. The van der Waals surface area contributed by atoms with Gasteiger partial charge in [-0.25, -0.2) is 0 Å². The smallest absolute Gasteiger partial charge is 0.0748 e. The van der Waals surface area contributed by atoms with Crippen LogP contribution in [0.1, 0.15) is 18.4 Å². The van der Waals surface area contributed by atoms with Crippen LogP contribution in [-0.2, 0) is 0 Å². The molecule has 2 N–H and O–H groups in total. The van der Waals surface area contributed by atoms with Gasteiger partial charge in [0.05, 0.1) is 12.2 Å². The monoisotopic (exact) mass is 218 g/mol. The molecule has 2 heteroatoms. The molecule has 0 heterocycles. The van der Waals surface area contributed by atoms with Gasteiger partial charge in [-0.05, 0) is 12.0 Å². The first-order valence-electron chi connectivity index (χ1n) is 5.42. The van der Waals surface area contributed by atoms with Gasteiger partial charge >= 0.3 is 0 Å². The molecule has 0 aromatic heterocycles. The largest absolute Gasteiger partial charge is 0.393 e. The molecule has 1 rings (SSSR count). The first-order chi connectivity index (χ1) is 7.72. The molecular weight excluding hydrogens is 200 g/mol. The van der Waals surface area contributed by atoms with Gasteiger partial charge in [-0.15, -0.1) is 6.58 Å². The molecule has 0 unspecified atom stereocenters. The third kappa shape index (κ3) is 4.91. The van der Waals surface area contributed by atoms with Gasteiger partial charge in [0.2, 0.25) is 0 Å². The van der Waals surface area contributed by atoms with E-state index in [2.05, 4.69) is 6.58 Å².